The topological polar surface area (TPSA) is 143 Å². The summed E-state index contributed by atoms with van der Waals surface area (Å²) in [5, 5.41) is 18.8. The monoisotopic (exact) mass is 409 g/mol. The molecule has 0 aliphatic carbocycles. The zero-order valence-electron chi connectivity index (χ0n) is 15.0. The lowest BCUT2D eigenvalue weighted by molar-refractivity contribution is 0.0991. The number of aromatic nitrogens is 1. The maximum Gasteiger partial charge on any atom is 0.326 e. The minimum Gasteiger partial charge on any atom is -0.376 e. The minimum atomic E-state index is -0.681. The third kappa shape index (κ3) is 3.56. The summed E-state index contributed by atoms with van der Waals surface area (Å²) in [6, 6.07) is 10.3. The molecular weight excluding hydrogens is 394 g/mol. The van der Waals surface area contributed by atoms with Crippen molar-refractivity contribution in [2.75, 3.05) is 17.2 Å². The molecule has 3 heterocycles. The number of nitrogens with zero attached hydrogens (tertiary/aromatic N) is 2. The summed E-state index contributed by atoms with van der Waals surface area (Å²) in [4.78, 5) is 25.2. The summed E-state index contributed by atoms with van der Waals surface area (Å²) < 4.78 is 10.5. The Bertz CT molecular complexity index is 1130. The van der Waals surface area contributed by atoms with Crippen LogP contribution in [0.1, 0.15) is 26.4 Å². The van der Waals surface area contributed by atoms with Crippen molar-refractivity contribution in [3.63, 3.8) is 0 Å². The first-order valence-electron chi connectivity index (χ1n) is 8.63. The fraction of sp³-hybridized carbons (Fsp3) is 0.158. The molecule has 4 N–H and O–H groups in total. The van der Waals surface area contributed by atoms with Gasteiger partial charge in [0.1, 0.15) is 22.3 Å². The molecule has 9 nitrogen and oxygen atoms in total. The number of amides is 3. The van der Waals surface area contributed by atoms with E-state index >= 15 is 0 Å². The Morgan fingerprint density at radius 2 is 2.03 bits per heavy atom. The molecule has 0 radical (unpaired) electrons. The molecule has 1 aliphatic rings. The molecule has 29 heavy (non-hydrogen) atoms. The van der Waals surface area contributed by atoms with Crippen LogP contribution in [0.2, 0.25) is 0 Å². The van der Waals surface area contributed by atoms with E-state index in [4.69, 9.17) is 15.0 Å². The molecule has 0 saturated heterocycles. The van der Waals surface area contributed by atoms with Gasteiger partial charge in [0, 0.05) is 10.4 Å². The highest BCUT2D eigenvalue weighted by atomic mass is 32.1. The number of carbonyl (C=O) groups is 2. The average Bonchev–Trinajstić information content (AvgIpc) is 3.28. The van der Waals surface area contributed by atoms with Gasteiger partial charge in [0.15, 0.2) is 0 Å². The van der Waals surface area contributed by atoms with E-state index in [1.807, 2.05) is 12.1 Å². The highest BCUT2D eigenvalue weighted by Gasteiger charge is 2.26. The number of nitrogens with two attached hydrogens (primary N) is 1. The lowest BCUT2D eigenvalue weighted by atomic mass is 10.1. The molecule has 1 aromatic carbocycles. The van der Waals surface area contributed by atoms with Crippen molar-refractivity contribution in [3.05, 3.63) is 51.9 Å². The number of primary amides is 1. The van der Waals surface area contributed by atoms with Crippen LogP contribution >= 0.6 is 11.3 Å². The second-order valence-corrected chi connectivity index (χ2v) is 7.27. The van der Waals surface area contributed by atoms with E-state index in [-0.39, 0.29) is 17.0 Å². The maximum atomic E-state index is 12.5. The van der Waals surface area contributed by atoms with Gasteiger partial charge in [-0.05, 0) is 12.0 Å². The molecule has 10 heteroatoms. The lowest BCUT2D eigenvalue weighted by Crippen LogP contribution is -2.22. The van der Waals surface area contributed by atoms with Crippen molar-refractivity contribution in [2.45, 2.75) is 13.0 Å². The molecule has 0 fully saturated rings. The van der Waals surface area contributed by atoms with E-state index in [1.165, 1.54) is 11.3 Å². The number of anilines is 2. The van der Waals surface area contributed by atoms with Crippen molar-refractivity contribution >= 4 is 34.2 Å². The Morgan fingerprint density at radius 3 is 2.76 bits per heavy atom. The third-order valence-electron chi connectivity index (χ3n) is 4.37. The fourth-order valence-corrected chi connectivity index (χ4v) is 4.28. The molecule has 3 amide bonds. The first kappa shape index (κ1) is 18.7. The molecule has 0 unspecified atom stereocenters. The molecule has 0 spiro atoms. The SMILES string of the molecule is N#Cc1c(-c2ccccc2)noc1NC(=O)Nc1sc2c(c1C(N)=O)CCOC2. The van der Waals surface area contributed by atoms with Crippen molar-refractivity contribution in [1.29, 1.82) is 5.26 Å². The van der Waals surface area contributed by atoms with Crippen LogP contribution in [0.15, 0.2) is 34.9 Å². The Morgan fingerprint density at radius 1 is 1.24 bits per heavy atom. The Hall–Kier alpha value is -3.68. The number of hydrogen-bond donors (Lipinski definition) is 3. The Balaban J connectivity index is 1.57. The third-order valence-corrected chi connectivity index (χ3v) is 5.49. The van der Waals surface area contributed by atoms with Crippen LogP contribution in [0.25, 0.3) is 11.3 Å². The number of benzene rings is 1. The number of carbonyl (C=O) groups excluding carboxylic acids is 2. The first-order valence-corrected chi connectivity index (χ1v) is 9.45. The number of fused-ring (bicyclic) bond motifs is 1. The van der Waals surface area contributed by atoms with Crippen molar-refractivity contribution in [1.82, 2.24) is 5.16 Å². The van der Waals surface area contributed by atoms with Crippen molar-refractivity contribution < 1.29 is 18.8 Å². The van der Waals surface area contributed by atoms with Gasteiger partial charge >= 0.3 is 6.03 Å². The van der Waals surface area contributed by atoms with Crippen LogP contribution in [0, 0.1) is 11.3 Å². The lowest BCUT2D eigenvalue weighted by Gasteiger charge is -2.12. The molecular formula is C19H15N5O4S. The maximum absolute atomic E-state index is 12.5. The largest absolute Gasteiger partial charge is 0.376 e. The molecule has 146 valence electrons. The van der Waals surface area contributed by atoms with E-state index in [9.17, 15) is 14.9 Å². The molecule has 2 aromatic heterocycles. The van der Waals surface area contributed by atoms with Gasteiger partial charge in [-0.15, -0.1) is 11.3 Å². The molecule has 0 bridgehead atoms. The standard InChI is InChI=1S/C19H15N5O4S/c20-8-12-15(10-4-2-1-3-5-10)24-28-17(12)22-19(26)23-18-14(16(21)25)11-6-7-27-9-13(11)29-18/h1-5H,6-7,9H2,(H2,21,25)(H2,22,23,26). The molecule has 3 aromatic rings. The summed E-state index contributed by atoms with van der Waals surface area (Å²) in [6.45, 7) is 0.853. The van der Waals surface area contributed by atoms with Gasteiger partial charge in [-0.2, -0.15) is 5.26 Å². The fourth-order valence-electron chi connectivity index (χ4n) is 3.09. The van der Waals surface area contributed by atoms with Crippen LogP contribution in [0.5, 0.6) is 0 Å². The summed E-state index contributed by atoms with van der Waals surface area (Å²) >= 11 is 1.23. The minimum absolute atomic E-state index is 0.0888. The highest BCUT2D eigenvalue weighted by molar-refractivity contribution is 7.17. The number of urea groups is 1. The molecule has 1 aliphatic heterocycles. The van der Waals surface area contributed by atoms with E-state index in [0.717, 1.165) is 10.4 Å². The van der Waals surface area contributed by atoms with Crippen molar-refractivity contribution in [3.8, 4) is 17.3 Å². The number of rotatable bonds is 4. The Kier molecular flexibility index (Phi) is 4.99. The van der Waals surface area contributed by atoms with E-state index in [2.05, 4.69) is 15.8 Å². The van der Waals surface area contributed by atoms with Gasteiger partial charge < -0.3 is 15.0 Å². The summed E-state index contributed by atoms with van der Waals surface area (Å²) in [6.07, 6.45) is 0.550. The summed E-state index contributed by atoms with van der Waals surface area (Å²) in [5.41, 5.74) is 7.70. The number of nitriles is 1. The summed E-state index contributed by atoms with van der Waals surface area (Å²) in [5.74, 6) is -0.711. The number of ether oxygens (including phenoxy) is 1. The van der Waals surface area contributed by atoms with Gasteiger partial charge in [-0.25, -0.2) is 4.79 Å². The van der Waals surface area contributed by atoms with Crippen molar-refractivity contribution in [2.24, 2.45) is 5.73 Å². The first-order chi connectivity index (χ1) is 14.1. The number of thiophene rings is 1. The Labute approximate surface area is 169 Å². The normalized spacial score (nSPS) is 12.7. The highest BCUT2D eigenvalue weighted by Crippen LogP contribution is 2.36. The van der Waals surface area contributed by atoms with Gasteiger partial charge in [-0.3, -0.25) is 15.4 Å². The van der Waals surface area contributed by atoms with Crippen LogP contribution in [-0.2, 0) is 17.8 Å². The zero-order valence-corrected chi connectivity index (χ0v) is 15.8. The van der Waals surface area contributed by atoms with E-state index < -0.39 is 11.9 Å². The molecule has 0 saturated carbocycles. The zero-order chi connectivity index (χ0) is 20.4. The van der Waals surface area contributed by atoms with Gasteiger partial charge in [0.05, 0.1) is 18.8 Å². The average molecular weight is 409 g/mol. The summed E-state index contributed by atoms with van der Waals surface area (Å²) in [7, 11) is 0. The van der Waals surface area contributed by atoms with Gasteiger partial charge in [0.25, 0.3) is 11.8 Å². The smallest absolute Gasteiger partial charge is 0.326 e. The van der Waals surface area contributed by atoms with Crippen LogP contribution in [0.4, 0.5) is 15.7 Å². The van der Waals surface area contributed by atoms with Crippen LogP contribution in [0.3, 0.4) is 0 Å². The van der Waals surface area contributed by atoms with Gasteiger partial charge in [0.2, 0.25) is 0 Å². The predicted molar refractivity (Wildman–Crippen MR) is 105 cm³/mol. The van der Waals surface area contributed by atoms with Crippen LogP contribution < -0.4 is 16.4 Å². The molecule has 0 atom stereocenters. The molecule has 4 rings (SSSR count). The second kappa shape index (κ2) is 7.75. The quantitative estimate of drug-likeness (QED) is 0.604. The number of hydrogen-bond acceptors (Lipinski definition) is 7. The second-order valence-electron chi connectivity index (χ2n) is 6.17. The van der Waals surface area contributed by atoms with Crippen LogP contribution in [-0.4, -0.2) is 23.7 Å². The number of nitrogens with one attached hydrogen (secondary N) is 2. The van der Waals surface area contributed by atoms with E-state index in [0.29, 0.717) is 35.9 Å². The predicted octanol–water partition coefficient (Wildman–Crippen LogP) is 3.09. The van der Waals surface area contributed by atoms with E-state index in [1.54, 1.807) is 24.3 Å². The van der Waals surface area contributed by atoms with Gasteiger partial charge in [-0.1, -0.05) is 35.5 Å².